The first-order valence-electron chi connectivity index (χ1n) is 8.82. The molecule has 1 fully saturated rings. The largest absolute Gasteiger partial charge is 0.313 e. The Balaban J connectivity index is 1.78. The number of piperidine rings is 1. The molecule has 1 aromatic rings. The second kappa shape index (κ2) is 6.93. The smallest absolute Gasteiger partial charge is 0.0354 e. The molecule has 116 valence electrons. The molecule has 21 heavy (non-hydrogen) atoms. The number of fused-ring (bicyclic) bond motifs is 1. The molecule has 2 heteroatoms. The van der Waals surface area contributed by atoms with E-state index in [1.54, 1.807) is 11.1 Å². The first kappa shape index (κ1) is 15.1. The number of nitrogens with zero attached hydrogens (tertiary/aromatic N) is 1. The van der Waals surface area contributed by atoms with E-state index >= 15 is 0 Å². The predicted octanol–water partition coefficient (Wildman–Crippen LogP) is 3.92. The third-order valence-corrected chi connectivity index (χ3v) is 5.24. The molecule has 0 radical (unpaired) electrons. The summed E-state index contributed by atoms with van der Waals surface area (Å²) in [6.45, 7) is 7.13. The van der Waals surface area contributed by atoms with Crippen LogP contribution < -0.4 is 5.32 Å². The molecule has 1 N–H and O–H groups in total. The van der Waals surface area contributed by atoms with Crippen LogP contribution in [0.4, 0.5) is 0 Å². The van der Waals surface area contributed by atoms with Crippen molar-refractivity contribution in [1.29, 1.82) is 0 Å². The molecule has 2 atom stereocenters. The molecule has 0 bridgehead atoms. The lowest BCUT2D eigenvalue weighted by Gasteiger charge is -2.41. The van der Waals surface area contributed by atoms with Crippen molar-refractivity contribution in [3.05, 3.63) is 35.4 Å². The summed E-state index contributed by atoms with van der Waals surface area (Å²) in [5.41, 5.74) is 3.17. The molecule has 1 aliphatic heterocycles. The van der Waals surface area contributed by atoms with E-state index in [4.69, 9.17) is 0 Å². The average molecular weight is 286 g/mol. The molecule has 0 aromatic heterocycles. The van der Waals surface area contributed by atoms with Gasteiger partial charge in [-0.3, -0.25) is 4.90 Å². The number of nitrogens with one attached hydrogen (secondary N) is 1. The lowest BCUT2D eigenvalue weighted by molar-refractivity contribution is 0.116. The lowest BCUT2D eigenvalue weighted by Crippen LogP contribution is -2.47. The zero-order valence-electron chi connectivity index (χ0n) is 13.6. The fourth-order valence-electron chi connectivity index (χ4n) is 4.11. The molecule has 2 unspecified atom stereocenters. The van der Waals surface area contributed by atoms with Gasteiger partial charge in [0.15, 0.2) is 0 Å². The van der Waals surface area contributed by atoms with Crippen LogP contribution in [0.5, 0.6) is 0 Å². The Morgan fingerprint density at radius 2 is 2.00 bits per heavy atom. The molecule has 3 rings (SSSR count). The van der Waals surface area contributed by atoms with Crippen molar-refractivity contribution in [2.45, 2.75) is 70.5 Å². The second-order valence-electron chi connectivity index (χ2n) is 7.04. The van der Waals surface area contributed by atoms with E-state index < -0.39 is 0 Å². The molecule has 0 saturated carbocycles. The fraction of sp³-hybridized carbons (Fsp3) is 0.684. The van der Waals surface area contributed by atoms with E-state index in [9.17, 15) is 0 Å². The van der Waals surface area contributed by atoms with Crippen LogP contribution in [0.3, 0.4) is 0 Å². The summed E-state index contributed by atoms with van der Waals surface area (Å²) >= 11 is 0. The van der Waals surface area contributed by atoms with Gasteiger partial charge in [0.1, 0.15) is 0 Å². The van der Waals surface area contributed by atoms with Gasteiger partial charge in [0.25, 0.3) is 0 Å². The van der Waals surface area contributed by atoms with Crippen LogP contribution in [0.15, 0.2) is 24.3 Å². The Morgan fingerprint density at radius 1 is 1.14 bits per heavy atom. The number of hydrogen-bond acceptors (Lipinski definition) is 2. The summed E-state index contributed by atoms with van der Waals surface area (Å²) in [7, 11) is 0. The molecule has 2 nitrogen and oxygen atoms in total. The summed E-state index contributed by atoms with van der Waals surface area (Å²) in [6.07, 6.45) is 8.01. The van der Waals surface area contributed by atoms with Crippen LogP contribution in [0.25, 0.3) is 0 Å². The number of rotatable bonds is 4. The normalized spacial score (nSPS) is 26.1. The monoisotopic (exact) mass is 286 g/mol. The van der Waals surface area contributed by atoms with E-state index in [0.717, 1.165) is 0 Å². The SMILES string of the molecule is CC(C)N(CC1CCCCN1)C1CCCc2ccccc21. The maximum atomic E-state index is 3.73. The van der Waals surface area contributed by atoms with Gasteiger partial charge in [-0.25, -0.2) is 0 Å². The Bertz CT molecular complexity index is 449. The van der Waals surface area contributed by atoms with Crippen molar-refractivity contribution in [2.75, 3.05) is 13.1 Å². The molecule has 0 spiro atoms. The van der Waals surface area contributed by atoms with Crippen LogP contribution in [0.1, 0.15) is 63.1 Å². The average Bonchev–Trinajstić information content (AvgIpc) is 2.53. The predicted molar refractivity (Wildman–Crippen MR) is 89.6 cm³/mol. The number of benzene rings is 1. The van der Waals surface area contributed by atoms with Gasteiger partial charge in [-0.2, -0.15) is 0 Å². The first-order chi connectivity index (χ1) is 10.3. The van der Waals surface area contributed by atoms with Crippen molar-refractivity contribution >= 4 is 0 Å². The standard InChI is InChI=1S/C19H30N2/c1-15(2)21(14-17-10-5-6-13-20-17)19-12-7-9-16-8-3-4-11-18(16)19/h3-4,8,11,15,17,19-20H,5-7,9-10,12-14H2,1-2H3. The van der Waals surface area contributed by atoms with E-state index in [2.05, 4.69) is 48.3 Å². The van der Waals surface area contributed by atoms with Crippen molar-refractivity contribution in [3.63, 3.8) is 0 Å². The number of aryl methyl sites for hydroxylation is 1. The Hall–Kier alpha value is -0.860. The van der Waals surface area contributed by atoms with Crippen molar-refractivity contribution in [1.82, 2.24) is 10.2 Å². The third kappa shape index (κ3) is 3.49. The summed E-state index contributed by atoms with van der Waals surface area (Å²) in [5, 5.41) is 3.73. The quantitative estimate of drug-likeness (QED) is 0.902. The van der Waals surface area contributed by atoms with Gasteiger partial charge < -0.3 is 5.32 Å². The molecule has 2 aliphatic rings. The molecule has 1 heterocycles. The molecule has 1 aromatic carbocycles. The minimum atomic E-state index is 0.616. The Morgan fingerprint density at radius 3 is 2.76 bits per heavy atom. The van der Waals surface area contributed by atoms with Crippen LogP contribution in [0, 0.1) is 0 Å². The van der Waals surface area contributed by atoms with Gasteiger partial charge in [0.05, 0.1) is 0 Å². The molecule has 1 saturated heterocycles. The highest BCUT2D eigenvalue weighted by Crippen LogP contribution is 2.35. The first-order valence-corrected chi connectivity index (χ1v) is 8.82. The second-order valence-corrected chi connectivity index (χ2v) is 7.04. The van der Waals surface area contributed by atoms with Crippen molar-refractivity contribution in [2.24, 2.45) is 0 Å². The highest BCUT2D eigenvalue weighted by molar-refractivity contribution is 5.32. The molecule has 0 amide bonds. The summed E-state index contributed by atoms with van der Waals surface area (Å²) in [6, 6.07) is 11.0. The lowest BCUT2D eigenvalue weighted by atomic mass is 9.86. The third-order valence-electron chi connectivity index (χ3n) is 5.24. The summed E-state index contributed by atoms with van der Waals surface area (Å²) in [4.78, 5) is 2.75. The minimum Gasteiger partial charge on any atom is -0.313 e. The minimum absolute atomic E-state index is 0.616. The van der Waals surface area contributed by atoms with Gasteiger partial charge >= 0.3 is 0 Å². The highest BCUT2D eigenvalue weighted by atomic mass is 15.2. The maximum Gasteiger partial charge on any atom is 0.0354 e. The van der Waals surface area contributed by atoms with Gasteiger partial charge in [-0.1, -0.05) is 30.7 Å². The fourth-order valence-corrected chi connectivity index (χ4v) is 4.11. The Labute approximate surface area is 129 Å². The Kier molecular flexibility index (Phi) is 4.97. The van der Waals surface area contributed by atoms with Gasteiger partial charge in [-0.15, -0.1) is 0 Å². The highest BCUT2D eigenvalue weighted by Gasteiger charge is 2.29. The number of hydrogen-bond donors (Lipinski definition) is 1. The topological polar surface area (TPSA) is 15.3 Å². The van der Waals surface area contributed by atoms with Crippen molar-refractivity contribution in [3.8, 4) is 0 Å². The van der Waals surface area contributed by atoms with Crippen LogP contribution in [-0.4, -0.2) is 30.1 Å². The van der Waals surface area contributed by atoms with Crippen LogP contribution in [0.2, 0.25) is 0 Å². The van der Waals surface area contributed by atoms with Crippen LogP contribution >= 0.6 is 0 Å². The van der Waals surface area contributed by atoms with Gasteiger partial charge in [0, 0.05) is 24.7 Å². The van der Waals surface area contributed by atoms with E-state index in [0.29, 0.717) is 18.1 Å². The van der Waals surface area contributed by atoms with E-state index in [1.165, 1.54) is 51.6 Å². The zero-order valence-corrected chi connectivity index (χ0v) is 13.6. The summed E-state index contributed by atoms with van der Waals surface area (Å²) in [5.74, 6) is 0. The molecule has 1 aliphatic carbocycles. The van der Waals surface area contributed by atoms with E-state index in [1.807, 2.05) is 0 Å². The maximum absolute atomic E-state index is 3.73. The van der Waals surface area contributed by atoms with Crippen LogP contribution in [-0.2, 0) is 6.42 Å². The van der Waals surface area contributed by atoms with Gasteiger partial charge in [-0.05, 0) is 63.6 Å². The van der Waals surface area contributed by atoms with Crippen molar-refractivity contribution < 1.29 is 0 Å². The molecular weight excluding hydrogens is 256 g/mol. The zero-order chi connectivity index (χ0) is 14.7. The van der Waals surface area contributed by atoms with E-state index in [-0.39, 0.29) is 0 Å². The van der Waals surface area contributed by atoms with Gasteiger partial charge in [0.2, 0.25) is 0 Å². The molecular formula is C19H30N2. The summed E-state index contributed by atoms with van der Waals surface area (Å²) < 4.78 is 0.